The van der Waals surface area contributed by atoms with Gasteiger partial charge in [0.25, 0.3) is 0 Å². The minimum atomic E-state index is 1.13. The maximum atomic E-state index is 2.39. The van der Waals surface area contributed by atoms with Crippen molar-refractivity contribution in [3.8, 4) is 5.69 Å². The molecule has 1 aliphatic rings. The van der Waals surface area contributed by atoms with Gasteiger partial charge < -0.3 is 4.57 Å². The second-order valence-corrected chi connectivity index (χ2v) is 7.72. The van der Waals surface area contributed by atoms with Gasteiger partial charge in [-0.3, -0.25) is 0 Å². The maximum absolute atomic E-state index is 2.39. The first-order chi connectivity index (χ1) is 14.4. The fourth-order valence-electron chi connectivity index (χ4n) is 4.65. The molecule has 0 amide bonds. The molecule has 0 saturated carbocycles. The Bertz CT molecular complexity index is 1430. The highest BCUT2D eigenvalue weighted by Gasteiger charge is 2.14. The highest BCUT2D eigenvalue weighted by Crippen LogP contribution is 2.36. The van der Waals surface area contributed by atoms with Gasteiger partial charge >= 0.3 is 0 Å². The molecule has 0 atom stereocenters. The van der Waals surface area contributed by atoms with Crippen molar-refractivity contribution in [2.45, 2.75) is 12.8 Å². The van der Waals surface area contributed by atoms with E-state index in [9.17, 15) is 0 Å². The van der Waals surface area contributed by atoms with E-state index in [0.717, 1.165) is 12.8 Å². The minimum Gasteiger partial charge on any atom is -0.309 e. The third-order valence-corrected chi connectivity index (χ3v) is 6.02. The van der Waals surface area contributed by atoms with Crippen LogP contribution < -0.4 is 0 Å². The van der Waals surface area contributed by atoms with Gasteiger partial charge in [-0.05, 0) is 59.0 Å². The van der Waals surface area contributed by atoms with Gasteiger partial charge in [-0.25, -0.2) is 0 Å². The Morgan fingerprint density at radius 2 is 1.41 bits per heavy atom. The van der Waals surface area contributed by atoms with Gasteiger partial charge in [0.15, 0.2) is 0 Å². The van der Waals surface area contributed by atoms with Crippen LogP contribution in [-0.2, 0) is 0 Å². The van der Waals surface area contributed by atoms with Gasteiger partial charge in [-0.2, -0.15) is 0 Å². The third-order valence-electron chi connectivity index (χ3n) is 6.02. The van der Waals surface area contributed by atoms with Crippen LogP contribution in [0.4, 0.5) is 0 Å². The number of allylic oxidation sites excluding steroid dienone is 4. The Kier molecular flexibility index (Phi) is 3.67. The third kappa shape index (κ3) is 2.55. The van der Waals surface area contributed by atoms with Crippen LogP contribution in [0.2, 0.25) is 0 Å². The van der Waals surface area contributed by atoms with Crippen molar-refractivity contribution in [3.63, 3.8) is 0 Å². The Morgan fingerprint density at radius 1 is 0.621 bits per heavy atom. The summed E-state index contributed by atoms with van der Waals surface area (Å²) in [4.78, 5) is 0. The summed E-state index contributed by atoms with van der Waals surface area (Å²) in [6, 6.07) is 30.9. The van der Waals surface area contributed by atoms with Crippen molar-refractivity contribution < 1.29 is 0 Å². The van der Waals surface area contributed by atoms with Crippen LogP contribution in [-0.4, -0.2) is 4.57 Å². The zero-order valence-corrected chi connectivity index (χ0v) is 16.2. The standard InChI is InChI=1S/C28H21N/c1-2-8-20(9-3-1)21-14-17-23(18-15-21)29-26-13-7-6-12-25(26)28-24-11-5-4-10-22(24)16-19-27(28)29/h2,4-19H,1,3H2. The smallest absolute Gasteiger partial charge is 0.0547 e. The Morgan fingerprint density at radius 3 is 2.24 bits per heavy atom. The van der Waals surface area contributed by atoms with E-state index in [1.165, 1.54) is 49.4 Å². The van der Waals surface area contributed by atoms with Crippen molar-refractivity contribution in [2.75, 3.05) is 0 Å². The number of aromatic nitrogens is 1. The zero-order valence-electron chi connectivity index (χ0n) is 16.2. The molecular formula is C28H21N. The summed E-state index contributed by atoms with van der Waals surface area (Å²) in [5.41, 5.74) is 6.33. The fraction of sp³-hybridized carbons (Fsp3) is 0.0714. The van der Waals surface area contributed by atoms with Gasteiger partial charge in [-0.1, -0.05) is 78.9 Å². The lowest BCUT2D eigenvalue weighted by Crippen LogP contribution is -1.94. The van der Waals surface area contributed by atoms with E-state index < -0.39 is 0 Å². The average Bonchev–Trinajstić information content (AvgIpc) is 3.15. The first-order valence-electron chi connectivity index (χ1n) is 10.3. The van der Waals surface area contributed by atoms with Crippen molar-refractivity contribution in [1.82, 2.24) is 4.57 Å². The quantitative estimate of drug-likeness (QED) is 0.300. The maximum Gasteiger partial charge on any atom is 0.0547 e. The molecular weight excluding hydrogens is 350 g/mol. The Hall–Kier alpha value is -3.58. The summed E-state index contributed by atoms with van der Waals surface area (Å²) in [6.45, 7) is 0. The molecule has 1 aliphatic carbocycles. The Balaban J connectivity index is 1.62. The van der Waals surface area contributed by atoms with Crippen LogP contribution in [0.5, 0.6) is 0 Å². The number of fused-ring (bicyclic) bond motifs is 5. The molecule has 0 fully saturated rings. The number of hydrogen-bond acceptors (Lipinski definition) is 0. The van der Waals surface area contributed by atoms with E-state index in [0.29, 0.717) is 0 Å². The van der Waals surface area contributed by atoms with Gasteiger partial charge in [0, 0.05) is 16.5 Å². The van der Waals surface area contributed by atoms with Gasteiger partial charge in [0.2, 0.25) is 0 Å². The molecule has 1 aromatic heterocycles. The lowest BCUT2D eigenvalue weighted by atomic mass is 9.99. The molecule has 0 N–H and O–H groups in total. The molecule has 138 valence electrons. The van der Waals surface area contributed by atoms with Crippen molar-refractivity contribution in [1.29, 1.82) is 0 Å². The predicted octanol–water partition coefficient (Wildman–Crippen LogP) is 7.67. The molecule has 29 heavy (non-hydrogen) atoms. The number of para-hydroxylation sites is 1. The SMILES string of the molecule is C1=CC(c2ccc(-n3c4ccccc4c4c5ccccc5ccc43)cc2)=CCC1. The zero-order chi connectivity index (χ0) is 19.2. The van der Waals surface area contributed by atoms with Crippen LogP contribution in [0.15, 0.2) is 103 Å². The second-order valence-electron chi connectivity index (χ2n) is 7.72. The van der Waals surface area contributed by atoms with Crippen LogP contribution in [0, 0.1) is 0 Å². The molecule has 0 aliphatic heterocycles. The normalized spacial score (nSPS) is 14.0. The summed E-state index contributed by atoms with van der Waals surface area (Å²) >= 11 is 0. The van der Waals surface area contributed by atoms with E-state index in [1.54, 1.807) is 0 Å². The first-order valence-corrected chi connectivity index (χ1v) is 10.3. The average molecular weight is 371 g/mol. The molecule has 0 bridgehead atoms. The van der Waals surface area contributed by atoms with Crippen LogP contribution in [0.25, 0.3) is 43.8 Å². The van der Waals surface area contributed by atoms with Crippen molar-refractivity contribution in [2.24, 2.45) is 0 Å². The topological polar surface area (TPSA) is 4.93 Å². The van der Waals surface area contributed by atoms with Crippen molar-refractivity contribution >= 4 is 38.2 Å². The minimum absolute atomic E-state index is 1.13. The van der Waals surface area contributed by atoms with E-state index in [-0.39, 0.29) is 0 Å². The highest BCUT2D eigenvalue weighted by atomic mass is 15.0. The van der Waals surface area contributed by atoms with Crippen LogP contribution in [0.3, 0.4) is 0 Å². The molecule has 1 nitrogen and oxygen atoms in total. The first kappa shape index (κ1) is 16.4. The summed E-state index contributed by atoms with van der Waals surface area (Å²) < 4.78 is 2.39. The molecule has 6 rings (SSSR count). The summed E-state index contributed by atoms with van der Waals surface area (Å²) in [5, 5.41) is 5.24. The van der Waals surface area contributed by atoms with E-state index in [1.807, 2.05) is 0 Å². The summed E-state index contributed by atoms with van der Waals surface area (Å²) in [7, 11) is 0. The van der Waals surface area contributed by atoms with Gasteiger partial charge in [0.1, 0.15) is 0 Å². The molecule has 0 spiro atoms. The highest BCUT2D eigenvalue weighted by molar-refractivity contribution is 6.21. The molecule has 1 heteroatoms. The van der Waals surface area contributed by atoms with Crippen LogP contribution in [0.1, 0.15) is 18.4 Å². The number of rotatable bonds is 2. The van der Waals surface area contributed by atoms with E-state index in [2.05, 4.69) is 108 Å². The second kappa shape index (κ2) is 6.49. The lowest BCUT2D eigenvalue weighted by molar-refractivity contribution is 1.04. The van der Waals surface area contributed by atoms with Gasteiger partial charge in [0.05, 0.1) is 11.0 Å². The number of benzene rings is 4. The molecule has 4 aromatic carbocycles. The summed E-state index contributed by atoms with van der Waals surface area (Å²) in [5.74, 6) is 0. The molecule has 5 aromatic rings. The van der Waals surface area contributed by atoms with Crippen LogP contribution >= 0.6 is 0 Å². The van der Waals surface area contributed by atoms with Gasteiger partial charge in [-0.15, -0.1) is 0 Å². The monoisotopic (exact) mass is 371 g/mol. The summed E-state index contributed by atoms with van der Waals surface area (Å²) in [6.07, 6.45) is 9.12. The predicted molar refractivity (Wildman–Crippen MR) is 125 cm³/mol. The Labute approximate surface area is 170 Å². The number of hydrogen-bond donors (Lipinski definition) is 0. The lowest BCUT2D eigenvalue weighted by Gasteiger charge is -2.11. The van der Waals surface area contributed by atoms with Crippen molar-refractivity contribution in [3.05, 3.63) is 109 Å². The fourth-order valence-corrected chi connectivity index (χ4v) is 4.65. The molecule has 1 heterocycles. The molecule has 0 unspecified atom stereocenters. The van der Waals surface area contributed by atoms with E-state index in [4.69, 9.17) is 0 Å². The molecule has 0 saturated heterocycles. The number of nitrogens with zero attached hydrogens (tertiary/aromatic N) is 1. The molecule has 0 radical (unpaired) electrons. The van der Waals surface area contributed by atoms with E-state index >= 15 is 0 Å². The largest absolute Gasteiger partial charge is 0.309 e.